The number of carbonyl (C=O) groups excluding carboxylic acids is 1. The number of nitrogen functional groups attached to an aromatic ring is 1. The van der Waals surface area contributed by atoms with E-state index in [2.05, 4.69) is 20.1 Å². The van der Waals surface area contributed by atoms with Crippen LogP contribution >= 0.6 is 0 Å². The zero-order valence-corrected chi connectivity index (χ0v) is 8.97. The van der Waals surface area contributed by atoms with E-state index in [1.165, 1.54) is 11.0 Å². The van der Waals surface area contributed by atoms with Crippen LogP contribution in [0.1, 0.15) is 0 Å². The lowest BCUT2D eigenvalue weighted by Gasteiger charge is -2.05. The minimum absolute atomic E-state index is 0.0287. The van der Waals surface area contributed by atoms with Crippen LogP contribution in [-0.4, -0.2) is 46.9 Å². The van der Waals surface area contributed by atoms with Crippen LogP contribution in [0.4, 0.5) is 14.7 Å². The lowest BCUT2D eigenvalue weighted by molar-refractivity contribution is -0.122. The Kier molecular flexibility index (Phi) is 5.27. The number of hydrogen-bond donors (Lipinski definition) is 2. The third kappa shape index (κ3) is 5.76. The number of rotatable bonds is 7. The van der Waals surface area contributed by atoms with Crippen molar-refractivity contribution in [3.05, 3.63) is 6.33 Å². The summed E-state index contributed by atoms with van der Waals surface area (Å²) in [5.74, 6) is -0.242. The Morgan fingerprint density at radius 3 is 3.00 bits per heavy atom. The Hall–Kier alpha value is -1.77. The van der Waals surface area contributed by atoms with Gasteiger partial charge in [-0.05, 0) is 0 Å². The highest BCUT2D eigenvalue weighted by Crippen LogP contribution is 1.91. The number of nitrogens with zero attached hydrogens (tertiary/aromatic N) is 3. The number of halogens is 2. The molecule has 9 heteroatoms. The van der Waals surface area contributed by atoms with Crippen LogP contribution in [0.25, 0.3) is 0 Å². The molecule has 0 aliphatic carbocycles. The minimum atomic E-state index is -2.50. The molecule has 1 amide bonds. The molecule has 0 saturated carbocycles. The van der Waals surface area contributed by atoms with Gasteiger partial charge in [-0.2, -0.15) is 0 Å². The summed E-state index contributed by atoms with van der Waals surface area (Å²) in [4.78, 5) is 14.9. The molecular weight excluding hydrogens is 236 g/mol. The van der Waals surface area contributed by atoms with Gasteiger partial charge in [-0.15, -0.1) is 5.10 Å². The second-order valence-electron chi connectivity index (χ2n) is 3.12. The van der Waals surface area contributed by atoms with E-state index in [0.29, 0.717) is 0 Å². The van der Waals surface area contributed by atoms with Crippen LogP contribution in [0.2, 0.25) is 0 Å². The van der Waals surface area contributed by atoms with Gasteiger partial charge in [0.05, 0.1) is 6.61 Å². The molecule has 0 saturated heterocycles. The van der Waals surface area contributed by atoms with Crippen molar-refractivity contribution in [2.75, 3.05) is 25.5 Å². The number of amides is 1. The van der Waals surface area contributed by atoms with Crippen molar-refractivity contribution in [3.63, 3.8) is 0 Å². The highest BCUT2D eigenvalue weighted by atomic mass is 19.3. The predicted molar refractivity (Wildman–Crippen MR) is 54.3 cm³/mol. The Morgan fingerprint density at radius 2 is 2.41 bits per heavy atom. The van der Waals surface area contributed by atoms with Gasteiger partial charge in [0.1, 0.15) is 19.5 Å². The molecule has 0 aliphatic rings. The highest BCUT2D eigenvalue weighted by Gasteiger charge is 2.05. The number of hydrogen-bond acceptors (Lipinski definition) is 5. The van der Waals surface area contributed by atoms with E-state index in [1.807, 2.05) is 0 Å². The van der Waals surface area contributed by atoms with E-state index >= 15 is 0 Å². The van der Waals surface area contributed by atoms with E-state index in [9.17, 15) is 13.6 Å². The number of nitrogens with one attached hydrogen (secondary N) is 1. The summed E-state index contributed by atoms with van der Waals surface area (Å²) in [5, 5.41) is 6.19. The van der Waals surface area contributed by atoms with Crippen molar-refractivity contribution in [1.29, 1.82) is 0 Å². The van der Waals surface area contributed by atoms with Crippen molar-refractivity contribution >= 4 is 11.9 Å². The quantitative estimate of drug-likeness (QED) is 0.620. The smallest absolute Gasteiger partial charge is 0.261 e. The van der Waals surface area contributed by atoms with E-state index in [1.54, 1.807) is 0 Å². The van der Waals surface area contributed by atoms with Crippen LogP contribution in [0.5, 0.6) is 0 Å². The molecule has 0 bridgehead atoms. The molecule has 1 aromatic rings. The van der Waals surface area contributed by atoms with Crippen LogP contribution in [0.15, 0.2) is 6.33 Å². The first-order valence-electron chi connectivity index (χ1n) is 4.85. The average Bonchev–Trinajstić information content (AvgIpc) is 2.63. The molecule has 7 nitrogen and oxygen atoms in total. The van der Waals surface area contributed by atoms with Gasteiger partial charge < -0.3 is 15.8 Å². The lowest BCUT2D eigenvalue weighted by atomic mass is 10.5. The van der Waals surface area contributed by atoms with Gasteiger partial charge in [-0.1, -0.05) is 0 Å². The van der Waals surface area contributed by atoms with Crippen molar-refractivity contribution in [2.24, 2.45) is 0 Å². The molecule has 3 N–H and O–H groups in total. The summed E-state index contributed by atoms with van der Waals surface area (Å²) in [5.41, 5.74) is 5.26. The van der Waals surface area contributed by atoms with Gasteiger partial charge >= 0.3 is 0 Å². The maximum Gasteiger partial charge on any atom is 0.261 e. The van der Waals surface area contributed by atoms with Crippen LogP contribution in [0, 0.1) is 0 Å². The Morgan fingerprint density at radius 1 is 1.65 bits per heavy atom. The third-order valence-corrected chi connectivity index (χ3v) is 1.67. The van der Waals surface area contributed by atoms with Crippen molar-refractivity contribution in [2.45, 2.75) is 13.0 Å². The van der Waals surface area contributed by atoms with E-state index in [0.717, 1.165) is 0 Å². The zero-order chi connectivity index (χ0) is 12.7. The largest absolute Gasteiger partial charge is 0.374 e. The molecule has 0 atom stereocenters. The maximum absolute atomic E-state index is 11.7. The second-order valence-corrected chi connectivity index (χ2v) is 3.12. The number of anilines is 1. The molecule has 0 aromatic carbocycles. The van der Waals surface area contributed by atoms with E-state index < -0.39 is 13.0 Å². The first-order valence-corrected chi connectivity index (χ1v) is 4.85. The standard InChI is InChI=1S/C8H13F2N5O2/c9-6(10)4-17-2-1-12-7(16)3-15-5-13-8(11)14-15/h5-6H,1-4H2,(H2,11,14)(H,12,16). The van der Waals surface area contributed by atoms with E-state index in [4.69, 9.17) is 5.73 Å². The van der Waals surface area contributed by atoms with Crippen LogP contribution < -0.4 is 11.1 Å². The molecule has 1 rings (SSSR count). The van der Waals surface area contributed by atoms with Gasteiger partial charge in [0.25, 0.3) is 6.43 Å². The Balaban J connectivity index is 2.09. The summed E-state index contributed by atoms with van der Waals surface area (Å²) in [6.45, 7) is -0.458. The normalized spacial score (nSPS) is 10.8. The molecule has 1 aromatic heterocycles. The fourth-order valence-electron chi connectivity index (χ4n) is 1.02. The summed E-state index contributed by atoms with van der Waals surface area (Å²) >= 11 is 0. The SMILES string of the molecule is Nc1ncn(CC(=O)NCCOCC(F)F)n1. The molecular formula is C8H13F2N5O2. The maximum atomic E-state index is 11.7. The topological polar surface area (TPSA) is 95.1 Å². The number of aromatic nitrogens is 3. The second kappa shape index (κ2) is 6.74. The summed E-state index contributed by atoms with van der Waals surface area (Å²) in [6, 6.07) is 0. The highest BCUT2D eigenvalue weighted by molar-refractivity contribution is 5.75. The first kappa shape index (κ1) is 13.3. The Labute approximate surface area is 95.9 Å². The molecule has 1 heterocycles. The molecule has 96 valence electrons. The molecule has 0 radical (unpaired) electrons. The number of nitrogens with two attached hydrogens (primary N) is 1. The van der Waals surface area contributed by atoms with Gasteiger partial charge in [0.15, 0.2) is 0 Å². The van der Waals surface area contributed by atoms with Crippen molar-refractivity contribution < 1.29 is 18.3 Å². The Bertz CT molecular complexity index is 357. The fraction of sp³-hybridized carbons (Fsp3) is 0.625. The average molecular weight is 249 g/mol. The van der Waals surface area contributed by atoms with Gasteiger partial charge in [0.2, 0.25) is 11.9 Å². The number of carbonyl (C=O) groups is 1. The number of alkyl halides is 2. The predicted octanol–water partition coefficient (Wildman–Crippen LogP) is -0.742. The van der Waals surface area contributed by atoms with E-state index in [-0.39, 0.29) is 31.6 Å². The molecule has 17 heavy (non-hydrogen) atoms. The number of ether oxygens (including phenoxy) is 1. The third-order valence-electron chi connectivity index (χ3n) is 1.67. The molecule has 0 fully saturated rings. The van der Waals surface area contributed by atoms with Crippen molar-refractivity contribution in [1.82, 2.24) is 20.1 Å². The zero-order valence-electron chi connectivity index (χ0n) is 8.97. The van der Waals surface area contributed by atoms with Crippen molar-refractivity contribution in [3.8, 4) is 0 Å². The molecule has 0 spiro atoms. The summed E-state index contributed by atoms with van der Waals surface area (Å²) in [6.07, 6.45) is -1.17. The fourth-order valence-corrected chi connectivity index (χ4v) is 1.02. The minimum Gasteiger partial charge on any atom is -0.374 e. The summed E-state index contributed by atoms with van der Waals surface area (Å²) in [7, 11) is 0. The molecule has 0 unspecified atom stereocenters. The van der Waals surface area contributed by atoms with Gasteiger partial charge in [-0.25, -0.2) is 18.4 Å². The van der Waals surface area contributed by atoms with Crippen LogP contribution in [0.3, 0.4) is 0 Å². The van der Waals surface area contributed by atoms with Gasteiger partial charge in [0, 0.05) is 6.54 Å². The first-order chi connectivity index (χ1) is 8.08. The molecule has 0 aliphatic heterocycles. The summed E-state index contributed by atoms with van der Waals surface area (Å²) < 4.78 is 29.2. The lowest BCUT2D eigenvalue weighted by Crippen LogP contribution is -2.31. The van der Waals surface area contributed by atoms with Crippen LogP contribution in [-0.2, 0) is 16.1 Å². The van der Waals surface area contributed by atoms with Gasteiger partial charge in [-0.3, -0.25) is 4.79 Å². The monoisotopic (exact) mass is 249 g/mol.